The van der Waals surface area contributed by atoms with Crippen molar-refractivity contribution in [3.63, 3.8) is 0 Å². The molecule has 0 fully saturated rings. The van der Waals surface area contributed by atoms with Gasteiger partial charge in [0.25, 0.3) is 5.91 Å². The molecule has 2 aromatic rings. The van der Waals surface area contributed by atoms with Gasteiger partial charge in [-0.1, -0.05) is 66.7 Å². The van der Waals surface area contributed by atoms with Gasteiger partial charge in [-0.15, -0.1) is 0 Å². The SMILES string of the molecule is CCCCCCCOc1ccccc1C=NNC(=O)c1cccc(Br)c1. The molecule has 1 amide bonds. The lowest BCUT2D eigenvalue weighted by molar-refractivity contribution is 0.0955. The first-order valence-corrected chi connectivity index (χ1v) is 9.81. The summed E-state index contributed by atoms with van der Waals surface area (Å²) >= 11 is 3.35. The van der Waals surface area contributed by atoms with Crippen LogP contribution in [0.15, 0.2) is 58.1 Å². The van der Waals surface area contributed by atoms with Crippen LogP contribution in [0.2, 0.25) is 0 Å². The van der Waals surface area contributed by atoms with Crippen molar-refractivity contribution in [3.8, 4) is 5.75 Å². The molecule has 0 aromatic heterocycles. The zero-order valence-corrected chi connectivity index (χ0v) is 16.7. The number of para-hydroxylation sites is 1. The Morgan fingerprint density at radius 2 is 1.92 bits per heavy atom. The summed E-state index contributed by atoms with van der Waals surface area (Å²) < 4.78 is 6.72. The Labute approximate surface area is 163 Å². The zero-order valence-electron chi connectivity index (χ0n) is 15.1. The molecule has 0 aliphatic carbocycles. The minimum Gasteiger partial charge on any atom is -0.493 e. The predicted octanol–water partition coefficient (Wildman–Crippen LogP) is 5.56. The largest absolute Gasteiger partial charge is 0.493 e. The predicted molar refractivity (Wildman–Crippen MR) is 110 cm³/mol. The van der Waals surface area contributed by atoms with Crippen LogP contribution in [0.4, 0.5) is 0 Å². The molecule has 138 valence electrons. The fourth-order valence-electron chi connectivity index (χ4n) is 2.46. The minimum absolute atomic E-state index is 0.253. The Kier molecular flexibility index (Phi) is 8.90. The fraction of sp³-hybridized carbons (Fsp3) is 0.333. The van der Waals surface area contributed by atoms with Crippen LogP contribution < -0.4 is 10.2 Å². The lowest BCUT2D eigenvalue weighted by Crippen LogP contribution is -2.17. The first-order chi connectivity index (χ1) is 12.7. The summed E-state index contributed by atoms with van der Waals surface area (Å²) in [6.07, 6.45) is 7.62. The number of nitrogens with zero attached hydrogens (tertiary/aromatic N) is 1. The van der Waals surface area contributed by atoms with Crippen molar-refractivity contribution in [2.75, 3.05) is 6.61 Å². The molecular weight excluding hydrogens is 392 g/mol. The summed E-state index contributed by atoms with van der Waals surface area (Å²) in [5, 5.41) is 4.06. The van der Waals surface area contributed by atoms with E-state index in [2.05, 4.69) is 33.4 Å². The smallest absolute Gasteiger partial charge is 0.271 e. The number of amides is 1. The van der Waals surface area contributed by atoms with E-state index in [4.69, 9.17) is 4.74 Å². The molecule has 2 aromatic carbocycles. The van der Waals surface area contributed by atoms with Crippen molar-refractivity contribution in [3.05, 3.63) is 64.1 Å². The molecule has 0 aliphatic heterocycles. The first kappa shape index (κ1) is 20.2. The number of nitrogens with one attached hydrogen (secondary N) is 1. The lowest BCUT2D eigenvalue weighted by Gasteiger charge is -2.08. The molecule has 4 nitrogen and oxygen atoms in total. The van der Waals surface area contributed by atoms with Crippen molar-refractivity contribution in [1.82, 2.24) is 5.43 Å². The maximum absolute atomic E-state index is 12.1. The number of benzene rings is 2. The van der Waals surface area contributed by atoms with Crippen LogP contribution in [0.5, 0.6) is 5.75 Å². The fourth-order valence-corrected chi connectivity index (χ4v) is 2.86. The second-order valence-corrected chi connectivity index (χ2v) is 6.93. The van der Waals surface area contributed by atoms with Gasteiger partial charge in [0.2, 0.25) is 0 Å². The lowest BCUT2D eigenvalue weighted by atomic mass is 10.2. The summed E-state index contributed by atoms with van der Waals surface area (Å²) in [6.45, 7) is 2.90. The quantitative estimate of drug-likeness (QED) is 0.313. The molecule has 0 saturated heterocycles. The highest BCUT2D eigenvalue weighted by atomic mass is 79.9. The first-order valence-electron chi connectivity index (χ1n) is 9.01. The van der Waals surface area contributed by atoms with E-state index in [0.29, 0.717) is 12.2 Å². The average Bonchev–Trinajstić information content (AvgIpc) is 2.65. The van der Waals surface area contributed by atoms with Gasteiger partial charge in [-0.2, -0.15) is 5.10 Å². The van der Waals surface area contributed by atoms with Gasteiger partial charge in [-0.25, -0.2) is 5.43 Å². The van der Waals surface area contributed by atoms with Crippen LogP contribution in [0.25, 0.3) is 0 Å². The summed E-state index contributed by atoms with van der Waals surface area (Å²) in [4.78, 5) is 12.1. The van der Waals surface area contributed by atoms with E-state index >= 15 is 0 Å². The van der Waals surface area contributed by atoms with Gasteiger partial charge in [-0.05, 0) is 36.8 Å². The van der Waals surface area contributed by atoms with Crippen molar-refractivity contribution in [1.29, 1.82) is 0 Å². The van der Waals surface area contributed by atoms with Crippen molar-refractivity contribution < 1.29 is 9.53 Å². The van der Waals surface area contributed by atoms with Crippen molar-refractivity contribution >= 4 is 28.1 Å². The molecule has 26 heavy (non-hydrogen) atoms. The summed E-state index contributed by atoms with van der Waals surface area (Å²) in [7, 11) is 0. The number of hydrogen-bond acceptors (Lipinski definition) is 3. The van der Waals surface area contributed by atoms with Gasteiger partial charge in [0.1, 0.15) is 5.75 Å². The number of halogens is 1. The monoisotopic (exact) mass is 416 g/mol. The van der Waals surface area contributed by atoms with E-state index in [0.717, 1.165) is 22.2 Å². The molecule has 0 atom stereocenters. The molecule has 0 unspecified atom stereocenters. The van der Waals surface area contributed by atoms with Crippen LogP contribution in [-0.2, 0) is 0 Å². The number of unbranched alkanes of at least 4 members (excludes halogenated alkanes) is 4. The Bertz CT molecular complexity index is 731. The molecule has 0 spiro atoms. The van der Waals surface area contributed by atoms with Crippen molar-refractivity contribution in [2.24, 2.45) is 5.10 Å². The van der Waals surface area contributed by atoms with Crippen LogP contribution in [0.3, 0.4) is 0 Å². The highest BCUT2D eigenvalue weighted by Gasteiger charge is 2.05. The molecular formula is C21H25BrN2O2. The van der Waals surface area contributed by atoms with Gasteiger partial charge >= 0.3 is 0 Å². The van der Waals surface area contributed by atoms with Crippen LogP contribution in [-0.4, -0.2) is 18.7 Å². The third-order valence-corrected chi connectivity index (χ3v) is 4.37. The maximum Gasteiger partial charge on any atom is 0.271 e. The van der Waals surface area contributed by atoms with Gasteiger partial charge in [0.15, 0.2) is 0 Å². The summed E-state index contributed by atoms with van der Waals surface area (Å²) in [5.41, 5.74) is 3.94. The average molecular weight is 417 g/mol. The van der Waals surface area contributed by atoms with E-state index in [1.807, 2.05) is 36.4 Å². The number of hydrogen-bond donors (Lipinski definition) is 1. The van der Waals surface area contributed by atoms with E-state index in [-0.39, 0.29) is 5.91 Å². The van der Waals surface area contributed by atoms with E-state index in [1.54, 1.807) is 18.3 Å². The zero-order chi connectivity index (χ0) is 18.6. The van der Waals surface area contributed by atoms with Gasteiger partial charge in [0, 0.05) is 15.6 Å². The number of ether oxygens (including phenoxy) is 1. The second-order valence-electron chi connectivity index (χ2n) is 6.01. The van der Waals surface area contributed by atoms with Crippen LogP contribution >= 0.6 is 15.9 Å². The van der Waals surface area contributed by atoms with Crippen LogP contribution in [0.1, 0.15) is 54.9 Å². The molecule has 0 aliphatic rings. The Balaban J connectivity index is 1.86. The topological polar surface area (TPSA) is 50.7 Å². The molecule has 5 heteroatoms. The minimum atomic E-state index is -0.253. The Hall–Kier alpha value is -2.14. The number of carbonyl (C=O) groups is 1. The molecule has 0 heterocycles. The van der Waals surface area contributed by atoms with Gasteiger partial charge < -0.3 is 4.74 Å². The standard InChI is InChI=1S/C21H25BrN2O2/c1-2-3-4-5-8-14-26-20-13-7-6-10-18(20)16-23-24-21(25)17-11-9-12-19(22)15-17/h6-7,9-13,15-16H,2-5,8,14H2,1H3,(H,24,25). The highest BCUT2D eigenvalue weighted by Crippen LogP contribution is 2.17. The van der Waals surface area contributed by atoms with E-state index < -0.39 is 0 Å². The van der Waals surface area contributed by atoms with Gasteiger partial charge in [-0.3, -0.25) is 4.79 Å². The van der Waals surface area contributed by atoms with Crippen LogP contribution in [0, 0.1) is 0 Å². The molecule has 1 N–H and O–H groups in total. The molecule has 0 radical (unpaired) electrons. The molecule has 0 bridgehead atoms. The van der Waals surface area contributed by atoms with Gasteiger partial charge in [0.05, 0.1) is 12.8 Å². The third-order valence-electron chi connectivity index (χ3n) is 3.88. The third kappa shape index (κ3) is 7.00. The number of rotatable bonds is 10. The highest BCUT2D eigenvalue weighted by molar-refractivity contribution is 9.10. The number of carbonyl (C=O) groups excluding carboxylic acids is 1. The molecule has 2 rings (SSSR count). The molecule has 0 saturated carbocycles. The Morgan fingerprint density at radius 1 is 1.12 bits per heavy atom. The normalized spacial score (nSPS) is 10.8. The second kappa shape index (κ2) is 11.5. The maximum atomic E-state index is 12.1. The summed E-state index contributed by atoms with van der Waals surface area (Å²) in [5.74, 6) is 0.528. The number of hydrazone groups is 1. The Morgan fingerprint density at radius 3 is 2.73 bits per heavy atom. The van der Waals surface area contributed by atoms with E-state index in [9.17, 15) is 4.79 Å². The van der Waals surface area contributed by atoms with Crippen molar-refractivity contribution in [2.45, 2.75) is 39.0 Å². The van der Waals surface area contributed by atoms with E-state index in [1.165, 1.54) is 25.7 Å². The summed E-state index contributed by atoms with van der Waals surface area (Å²) in [6, 6.07) is 14.9.